The number of alkyl halides is 3. The molecule has 1 aliphatic rings. The van der Waals surface area contributed by atoms with Gasteiger partial charge in [-0.05, 0) is 25.0 Å². The van der Waals surface area contributed by atoms with Crippen molar-refractivity contribution in [1.29, 1.82) is 0 Å². The number of thiophene rings is 1. The summed E-state index contributed by atoms with van der Waals surface area (Å²) in [6.45, 7) is 0.449. The first kappa shape index (κ1) is 11.9. The summed E-state index contributed by atoms with van der Waals surface area (Å²) >= 11 is 0.856. The van der Waals surface area contributed by atoms with E-state index in [9.17, 15) is 13.2 Å². The molecule has 0 saturated heterocycles. The Morgan fingerprint density at radius 1 is 1.25 bits per heavy atom. The maximum absolute atomic E-state index is 12.5. The molecule has 1 aromatic heterocycles. The Bertz CT molecular complexity index is 364. The summed E-state index contributed by atoms with van der Waals surface area (Å²) in [7, 11) is 0. The van der Waals surface area contributed by atoms with Crippen LogP contribution in [0.4, 0.5) is 13.2 Å². The third kappa shape index (κ3) is 1.98. The third-order valence-corrected chi connectivity index (χ3v) is 4.74. The fraction of sp³-hybridized carbons (Fsp3) is 0.636. The van der Waals surface area contributed by atoms with Crippen LogP contribution in [0.25, 0.3) is 0 Å². The lowest BCUT2D eigenvalue weighted by Gasteiger charge is -2.25. The Kier molecular flexibility index (Phi) is 3.01. The Labute approximate surface area is 96.5 Å². The van der Waals surface area contributed by atoms with Crippen molar-refractivity contribution in [3.05, 3.63) is 21.9 Å². The molecule has 2 N–H and O–H groups in total. The maximum Gasteiger partial charge on any atom is 0.425 e. The van der Waals surface area contributed by atoms with Gasteiger partial charge in [0.25, 0.3) is 0 Å². The molecule has 1 aromatic rings. The van der Waals surface area contributed by atoms with E-state index < -0.39 is 11.1 Å². The van der Waals surface area contributed by atoms with Crippen molar-refractivity contribution < 1.29 is 13.2 Å². The fourth-order valence-electron chi connectivity index (χ4n) is 2.38. The molecule has 16 heavy (non-hydrogen) atoms. The van der Waals surface area contributed by atoms with Crippen molar-refractivity contribution >= 4 is 11.3 Å². The van der Waals surface area contributed by atoms with Crippen LogP contribution in [0.15, 0.2) is 12.1 Å². The highest BCUT2D eigenvalue weighted by molar-refractivity contribution is 7.12. The van der Waals surface area contributed by atoms with E-state index in [1.165, 1.54) is 6.07 Å². The van der Waals surface area contributed by atoms with E-state index in [-0.39, 0.29) is 5.41 Å². The molecule has 0 amide bonds. The standard InChI is InChI=1S/C11H14F3NS/c12-11(13,14)9-4-3-8(16-9)10(7-15)5-1-2-6-10/h3-4H,1-2,5-7,15H2. The van der Waals surface area contributed by atoms with E-state index in [4.69, 9.17) is 5.73 Å². The molecule has 0 radical (unpaired) electrons. The number of halogens is 3. The molecule has 1 saturated carbocycles. The van der Waals surface area contributed by atoms with Gasteiger partial charge in [0.1, 0.15) is 4.88 Å². The minimum atomic E-state index is -4.22. The maximum atomic E-state index is 12.5. The van der Waals surface area contributed by atoms with Gasteiger partial charge in [0, 0.05) is 16.8 Å². The first-order valence-corrected chi connectivity index (χ1v) is 6.17. The van der Waals surface area contributed by atoms with Gasteiger partial charge < -0.3 is 5.73 Å². The van der Waals surface area contributed by atoms with Crippen LogP contribution >= 0.6 is 11.3 Å². The van der Waals surface area contributed by atoms with Crippen molar-refractivity contribution in [3.63, 3.8) is 0 Å². The molecular formula is C11H14F3NS. The largest absolute Gasteiger partial charge is 0.425 e. The number of nitrogens with two attached hydrogens (primary N) is 1. The fourth-order valence-corrected chi connectivity index (χ4v) is 3.51. The topological polar surface area (TPSA) is 26.0 Å². The van der Waals surface area contributed by atoms with Gasteiger partial charge in [0.2, 0.25) is 0 Å². The smallest absolute Gasteiger partial charge is 0.330 e. The van der Waals surface area contributed by atoms with Gasteiger partial charge in [-0.1, -0.05) is 12.8 Å². The zero-order chi connectivity index (χ0) is 11.8. The van der Waals surface area contributed by atoms with Crippen LogP contribution in [-0.4, -0.2) is 6.54 Å². The van der Waals surface area contributed by atoms with Crippen LogP contribution in [-0.2, 0) is 11.6 Å². The quantitative estimate of drug-likeness (QED) is 0.852. The molecule has 5 heteroatoms. The second kappa shape index (κ2) is 4.04. The predicted molar refractivity (Wildman–Crippen MR) is 58.5 cm³/mol. The number of rotatable bonds is 2. The molecule has 1 heterocycles. The van der Waals surface area contributed by atoms with Crippen molar-refractivity contribution in [2.75, 3.05) is 6.54 Å². The summed E-state index contributed by atoms with van der Waals surface area (Å²) in [5, 5.41) is 0. The third-order valence-electron chi connectivity index (χ3n) is 3.36. The van der Waals surface area contributed by atoms with Gasteiger partial charge in [0.05, 0.1) is 0 Å². The van der Waals surface area contributed by atoms with Crippen molar-refractivity contribution in [3.8, 4) is 0 Å². The van der Waals surface area contributed by atoms with E-state index in [1.807, 2.05) is 0 Å². The minimum Gasteiger partial charge on any atom is -0.330 e. The molecule has 2 rings (SSSR count). The summed E-state index contributed by atoms with van der Waals surface area (Å²) in [6, 6.07) is 2.78. The zero-order valence-corrected chi connectivity index (χ0v) is 9.63. The lowest BCUT2D eigenvalue weighted by atomic mass is 9.85. The summed E-state index contributed by atoms with van der Waals surface area (Å²) in [4.78, 5) is 0.294. The monoisotopic (exact) mass is 249 g/mol. The van der Waals surface area contributed by atoms with Crippen molar-refractivity contribution in [1.82, 2.24) is 0 Å². The lowest BCUT2D eigenvalue weighted by molar-refractivity contribution is -0.134. The number of hydrogen-bond acceptors (Lipinski definition) is 2. The van der Waals surface area contributed by atoms with Gasteiger partial charge >= 0.3 is 6.18 Å². The van der Waals surface area contributed by atoms with Crippen LogP contribution in [0.1, 0.15) is 35.4 Å². The molecule has 0 atom stereocenters. The number of hydrogen-bond donors (Lipinski definition) is 1. The second-order valence-corrected chi connectivity index (χ2v) is 5.44. The first-order valence-electron chi connectivity index (χ1n) is 5.35. The Morgan fingerprint density at radius 3 is 2.31 bits per heavy atom. The lowest BCUT2D eigenvalue weighted by Crippen LogP contribution is -2.30. The molecule has 0 aliphatic heterocycles. The average molecular weight is 249 g/mol. The summed E-state index contributed by atoms with van der Waals surface area (Å²) in [5.74, 6) is 0. The van der Waals surface area contributed by atoms with Gasteiger partial charge in [-0.25, -0.2) is 0 Å². The minimum absolute atomic E-state index is 0.186. The van der Waals surface area contributed by atoms with E-state index >= 15 is 0 Å². The van der Waals surface area contributed by atoms with Crippen LogP contribution in [0.5, 0.6) is 0 Å². The van der Waals surface area contributed by atoms with Crippen LogP contribution in [0.2, 0.25) is 0 Å². The average Bonchev–Trinajstić information content (AvgIpc) is 2.86. The van der Waals surface area contributed by atoms with E-state index in [0.717, 1.165) is 41.9 Å². The molecular weight excluding hydrogens is 235 g/mol. The van der Waals surface area contributed by atoms with Crippen LogP contribution < -0.4 is 5.73 Å². The van der Waals surface area contributed by atoms with Gasteiger partial charge in [-0.3, -0.25) is 0 Å². The van der Waals surface area contributed by atoms with Gasteiger partial charge in [-0.15, -0.1) is 11.3 Å². The highest BCUT2D eigenvalue weighted by Gasteiger charge is 2.39. The van der Waals surface area contributed by atoms with Crippen LogP contribution in [0, 0.1) is 0 Å². The predicted octanol–water partition coefficient (Wildman–Crippen LogP) is 3.54. The Hall–Kier alpha value is -0.550. The van der Waals surface area contributed by atoms with E-state index in [1.54, 1.807) is 6.07 Å². The molecule has 0 aromatic carbocycles. The molecule has 1 aliphatic carbocycles. The van der Waals surface area contributed by atoms with Crippen molar-refractivity contribution in [2.24, 2.45) is 5.73 Å². The molecule has 90 valence electrons. The van der Waals surface area contributed by atoms with Gasteiger partial charge in [0.15, 0.2) is 0 Å². The summed E-state index contributed by atoms with van der Waals surface area (Å²) < 4.78 is 37.5. The summed E-state index contributed by atoms with van der Waals surface area (Å²) in [6.07, 6.45) is -0.257. The highest BCUT2D eigenvalue weighted by atomic mass is 32.1. The Balaban J connectivity index is 2.30. The van der Waals surface area contributed by atoms with Crippen LogP contribution in [0.3, 0.4) is 0 Å². The summed E-state index contributed by atoms with van der Waals surface area (Å²) in [5.41, 5.74) is 5.56. The Morgan fingerprint density at radius 2 is 1.88 bits per heavy atom. The van der Waals surface area contributed by atoms with Gasteiger partial charge in [-0.2, -0.15) is 13.2 Å². The van der Waals surface area contributed by atoms with E-state index in [0.29, 0.717) is 6.54 Å². The SMILES string of the molecule is NCC1(c2ccc(C(F)(F)F)s2)CCCC1. The highest BCUT2D eigenvalue weighted by Crippen LogP contribution is 2.45. The van der Waals surface area contributed by atoms with E-state index in [2.05, 4.69) is 0 Å². The molecule has 1 nitrogen and oxygen atoms in total. The molecule has 0 spiro atoms. The first-order chi connectivity index (χ1) is 7.48. The van der Waals surface area contributed by atoms with Crippen molar-refractivity contribution in [2.45, 2.75) is 37.3 Å². The normalized spacial score (nSPS) is 20.2. The second-order valence-electron chi connectivity index (χ2n) is 4.35. The molecule has 0 unspecified atom stereocenters. The zero-order valence-electron chi connectivity index (χ0n) is 8.81. The molecule has 1 fully saturated rings. The molecule has 0 bridgehead atoms.